The molecule has 72 valence electrons. The standard InChI is InChI=1S/C9H16N4/c1-9(2)12-5-8-13(6-3-10)7-4-11/h9,12H,5-8H2,1-2H3. The van der Waals surface area contributed by atoms with Crippen LogP contribution in [0.5, 0.6) is 0 Å². The highest BCUT2D eigenvalue weighted by atomic mass is 15.1. The Bertz CT molecular complexity index is 183. The number of rotatable bonds is 6. The second-order valence-corrected chi connectivity index (χ2v) is 3.14. The van der Waals surface area contributed by atoms with Crippen LogP contribution in [-0.2, 0) is 0 Å². The minimum atomic E-state index is 0.327. The Morgan fingerprint density at radius 3 is 2.15 bits per heavy atom. The molecule has 0 bridgehead atoms. The Morgan fingerprint density at radius 2 is 1.77 bits per heavy atom. The van der Waals surface area contributed by atoms with E-state index >= 15 is 0 Å². The molecule has 0 heterocycles. The lowest BCUT2D eigenvalue weighted by Crippen LogP contribution is -2.35. The average molecular weight is 180 g/mol. The maximum absolute atomic E-state index is 8.45. The van der Waals surface area contributed by atoms with Crippen LogP contribution in [0.3, 0.4) is 0 Å². The summed E-state index contributed by atoms with van der Waals surface area (Å²) in [5.74, 6) is 0. The Kier molecular flexibility index (Phi) is 6.91. The fourth-order valence-corrected chi connectivity index (χ4v) is 0.925. The summed E-state index contributed by atoms with van der Waals surface area (Å²) in [7, 11) is 0. The molecule has 0 aliphatic carbocycles. The van der Waals surface area contributed by atoms with E-state index in [9.17, 15) is 0 Å². The first-order valence-electron chi connectivity index (χ1n) is 4.40. The van der Waals surface area contributed by atoms with Gasteiger partial charge in [0.2, 0.25) is 0 Å². The molecule has 0 aromatic heterocycles. The highest BCUT2D eigenvalue weighted by Crippen LogP contribution is 1.85. The maximum Gasteiger partial charge on any atom is 0.0874 e. The van der Waals surface area contributed by atoms with Crippen molar-refractivity contribution in [3.63, 3.8) is 0 Å². The number of nitriles is 2. The third-order valence-corrected chi connectivity index (χ3v) is 1.57. The SMILES string of the molecule is CC(C)NCCN(CC#N)CC#N. The molecule has 0 atom stereocenters. The topological polar surface area (TPSA) is 62.9 Å². The Hall–Kier alpha value is -1.10. The molecule has 1 N–H and O–H groups in total. The molecular formula is C9H16N4. The number of nitrogens with one attached hydrogen (secondary N) is 1. The van der Waals surface area contributed by atoms with Crippen LogP contribution in [-0.4, -0.2) is 37.1 Å². The molecule has 0 aromatic carbocycles. The lowest BCUT2D eigenvalue weighted by molar-refractivity contribution is 0.334. The minimum Gasteiger partial charge on any atom is -0.313 e. The lowest BCUT2D eigenvalue weighted by Gasteiger charge is -2.16. The van der Waals surface area contributed by atoms with Gasteiger partial charge in [-0.2, -0.15) is 10.5 Å². The molecule has 0 rings (SSSR count). The van der Waals surface area contributed by atoms with Gasteiger partial charge in [0.15, 0.2) is 0 Å². The van der Waals surface area contributed by atoms with E-state index in [0.717, 1.165) is 13.1 Å². The van der Waals surface area contributed by atoms with Crippen LogP contribution in [0.25, 0.3) is 0 Å². The zero-order valence-corrected chi connectivity index (χ0v) is 8.25. The van der Waals surface area contributed by atoms with Crippen molar-refractivity contribution in [1.82, 2.24) is 10.2 Å². The first kappa shape index (κ1) is 11.9. The summed E-state index contributed by atoms with van der Waals surface area (Å²) in [6.45, 7) is 6.36. The molecule has 4 nitrogen and oxygen atoms in total. The molecule has 0 spiro atoms. The smallest absolute Gasteiger partial charge is 0.0874 e. The third kappa shape index (κ3) is 7.27. The Balaban J connectivity index is 3.59. The molecule has 0 amide bonds. The van der Waals surface area contributed by atoms with Gasteiger partial charge >= 0.3 is 0 Å². The van der Waals surface area contributed by atoms with E-state index < -0.39 is 0 Å². The van der Waals surface area contributed by atoms with Crippen LogP contribution < -0.4 is 5.32 Å². The second-order valence-electron chi connectivity index (χ2n) is 3.14. The molecule has 0 saturated carbocycles. The Morgan fingerprint density at radius 1 is 1.23 bits per heavy atom. The van der Waals surface area contributed by atoms with Crippen molar-refractivity contribution in [1.29, 1.82) is 10.5 Å². The van der Waals surface area contributed by atoms with Crippen molar-refractivity contribution in [2.75, 3.05) is 26.2 Å². The first-order chi connectivity index (χ1) is 6.20. The van der Waals surface area contributed by atoms with E-state index in [1.165, 1.54) is 0 Å². The van der Waals surface area contributed by atoms with Crippen LogP contribution in [0.1, 0.15) is 13.8 Å². The minimum absolute atomic E-state index is 0.327. The Labute approximate surface area is 79.8 Å². The fourth-order valence-electron chi connectivity index (χ4n) is 0.925. The van der Waals surface area contributed by atoms with Crippen LogP contribution >= 0.6 is 0 Å². The lowest BCUT2D eigenvalue weighted by atomic mass is 10.4. The van der Waals surface area contributed by atoms with Crippen LogP contribution in [0.15, 0.2) is 0 Å². The molecule has 0 aromatic rings. The van der Waals surface area contributed by atoms with Gasteiger partial charge in [-0.3, -0.25) is 4.90 Å². The monoisotopic (exact) mass is 180 g/mol. The van der Waals surface area contributed by atoms with Crippen molar-refractivity contribution in [3.05, 3.63) is 0 Å². The van der Waals surface area contributed by atoms with Gasteiger partial charge in [-0.15, -0.1) is 0 Å². The van der Waals surface area contributed by atoms with E-state index in [0.29, 0.717) is 19.1 Å². The summed E-state index contributed by atoms with van der Waals surface area (Å²) in [4.78, 5) is 1.81. The highest BCUT2D eigenvalue weighted by molar-refractivity contribution is 4.83. The first-order valence-corrected chi connectivity index (χ1v) is 4.40. The third-order valence-electron chi connectivity index (χ3n) is 1.57. The normalized spacial score (nSPS) is 10.0. The van der Waals surface area contributed by atoms with Gasteiger partial charge in [-0.05, 0) is 0 Å². The van der Waals surface area contributed by atoms with Crippen molar-refractivity contribution < 1.29 is 0 Å². The highest BCUT2D eigenvalue weighted by Gasteiger charge is 2.02. The van der Waals surface area contributed by atoms with E-state index in [-0.39, 0.29) is 0 Å². The van der Waals surface area contributed by atoms with Crippen molar-refractivity contribution in [3.8, 4) is 12.1 Å². The van der Waals surface area contributed by atoms with Crippen LogP contribution in [0.2, 0.25) is 0 Å². The predicted molar refractivity (Wildman–Crippen MR) is 50.8 cm³/mol. The summed E-state index contributed by atoms with van der Waals surface area (Å²) >= 11 is 0. The quantitative estimate of drug-likeness (QED) is 0.598. The molecule has 0 fully saturated rings. The zero-order valence-electron chi connectivity index (χ0n) is 8.25. The van der Waals surface area contributed by atoms with Gasteiger partial charge in [0, 0.05) is 19.1 Å². The average Bonchev–Trinajstić information content (AvgIpc) is 2.04. The van der Waals surface area contributed by atoms with E-state index in [2.05, 4.69) is 19.2 Å². The number of nitrogens with zero attached hydrogens (tertiary/aromatic N) is 3. The molecule has 0 radical (unpaired) electrons. The van der Waals surface area contributed by atoms with Gasteiger partial charge in [0.1, 0.15) is 0 Å². The van der Waals surface area contributed by atoms with E-state index in [1.54, 1.807) is 0 Å². The van der Waals surface area contributed by atoms with E-state index in [1.807, 2.05) is 17.0 Å². The van der Waals surface area contributed by atoms with Crippen LogP contribution in [0, 0.1) is 22.7 Å². The van der Waals surface area contributed by atoms with Gasteiger partial charge in [0.25, 0.3) is 0 Å². The summed E-state index contributed by atoms with van der Waals surface area (Å²) in [5, 5.41) is 20.1. The number of hydrogen-bond donors (Lipinski definition) is 1. The van der Waals surface area contributed by atoms with Gasteiger partial charge in [-0.25, -0.2) is 0 Å². The maximum atomic E-state index is 8.45. The van der Waals surface area contributed by atoms with E-state index in [4.69, 9.17) is 10.5 Å². The number of hydrogen-bond acceptors (Lipinski definition) is 4. The molecule has 13 heavy (non-hydrogen) atoms. The summed E-state index contributed by atoms with van der Waals surface area (Å²) in [5.41, 5.74) is 0. The van der Waals surface area contributed by atoms with Gasteiger partial charge < -0.3 is 5.32 Å². The van der Waals surface area contributed by atoms with Crippen molar-refractivity contribution >= 4 is 0 Å². The van der Waals surface area contributed by atoms with Gasteiger partial charge in [-0.1, -0.05) is 13.8 Å². The zero-order chi connectivity index (χ0) is 10.1. The molecule has 0 aliphatic heterocycles. The predicted octanol–water partition coefficient (Wildman–Crippen LogP) is 0.334. The van der Waals surface area contributed by atoms with Crippen LogP contribution in [0.4, 0.5) is 0 Å². The summed E-state index contributed by atoms with van der Waals surface area (Å²) in [6.07, 6.45) is 0. The fraction of sp³-hybridized carbons (Fsp3) is 0.778. The molecule has 0 aliphatic rings. The summed E-state index contributed by atoms with van der Waals surface area (Å²) in [6, 6.07) is 4.53. The van der Waals surface area contributed by atoms with Crippen molar-refractivity contribution in [2.45, 2.75) is 19.9 Å². The molecular weight excluding hydrogens is 164 g/mol. The molecule has 0 saturated heterocycles. The largest absolute Gasteiger partial charge is 0.313 e. The second kappa shape index (κ2) is 7.54. The summed E-state index contributed by atoms with van der Waals surface area (Å²) < 4.78 is 0. The molecule has 0 unspecified atom stereocenters. The van der Waals surface area contributed by atoms with Crippen molar-refractivity contribution in [2.24, 2.45) is 0 Å². The molecule has 4 heteroatoms. The van der Waals surface area contributed by atoms with Gasteiger partial charge in [0.05, 0.1) is 25.2 Å².